The van der Waals surface area contributed by atoms with Crippen LogP contribution in [0.15, 0.2) is 30.3 Å². The fourth-order valence-electron chi connectivity index (χ4n) is 5.63. The largest absolute Gasteiger partial charge is 0.496 e. The zero-order valence-electron chi connectivity index (χ0n) is 24.9. The van der Waals surface area contributed by atoms with Crippen molar-refractivity contribution in [3.05, 3.63) is 52.8 Å². The van der Waals surface area contributed by atoms with Crippen LogP contribution in [-0.4, -0.2) is 74.0 Å². The van der Waals surface area contributed by atoms with Crippen LogP contribution in [0.5, 0.6) is 11.5 Å². The molecule has 1 aromatic heterocycles. The smallest absolute Gasteiger partial charge is 0.270 e. The van der Waals surface area contributed by atoms with Crippen LogP contribution in [-0.2, 0) is 0 Å². The Morgan fingerprint density at radius 1 is 0.721 bits per heavy atom. The number of amides is 4. The van der Waals surface area contributed by atoms with Gasteiger partial charge in [0.15, 0.2) is 0 Å². The van der Waals surface area contributed by atoms with Gasteiger partial charge in [-0.2, -0.15) is 0 Å². The number of nitrogens with one attached hydrogen (secondary N) is 4. The SMILES string of the molecule is COc1cc(OC)c(C(=O)NC2CCC(NC(=O)c3cccc(C(=O)NC4CCCCC4)n3)CC2)cc1C(=O)NCCN. The Kier molecular flexibility index (Phi) is 11.3. The summed E-state index contributed by atoms with van der Waals surface area (Å²) in [5.74, 6) is -0.790. The Hall–Kier alpha value is -4.19. The molecule has 0 atom stereocenters. The lowest BCUT2D eigenvalue weighted by Crippen LogP contribution is -2.44. The number of hydrogen-bond donors (Lipinski definition) is 5. The van der Waals surface area contributed by atoms with Crippen LogP contribution in [0, 0.1) is 0 Å². The number of benzene rings is 1. The first-order valence-electron chi connectivity index (χ1n) is 15.0. The molecule has 1 heterocycles. The van der Waals surface area contributed by atoms with E-state index in [1.165, 1.54) is 32.8 Å². The molecular weight excluding hydrogens is 552 g/mol. The van der Waals surface area contributed by atoms with E-state index in [2.05, 4.69) is 26.3 Å². The minimum Gasteiger partial charge on any atom is -0.496 e. The average molecular weight is 595 g/mol. The van der Waals surface area contributed by atoms with E-state index < -0.39 is 5.91 Å². The number of nitrogens with two attached hydrogens (primary N) is 1. The van der Waals surface area contributed by atoms with Gasteiger partial charge in [0.1, 0.15) is 22.9 Å². The predicted molar refractivity (Wildman–Crippen MR) is 160 cm³/mol. The van der Waals surface area contributed by atoms with E-state index in [1.807, 2.05) is 0 Å². The highest BCUT2D eigenvalue weighted by atomic mass is 16.5. The van der Waals surface area contributed by atoms with Gasteiger partial charge >= 0.3 is 0 Å². The van der Waals surface area contributed by atoms with Crippen molar-refractivity contribution in [3.8, 4) is 11.5 Å². The maximum Gasteiger partial charge on any atom is 0.270 e. The second-order valence-electron chi connectivity index (χ2n) is 11.0. The Bertz CT molecular complexity index is 1300. The van der Waals surface area contributed by atoms with E-state index in [0.29, 0.717) is 25.7 Å². The number of methoxy groups -OCH3 is 2. The van der Waals surface area contributed by atoms with E-state index in [0.717, 1.165) is 25.7 Å². The Morgan fingerprint density at radius 2 is 1.21 bits per heavy atom. The van der Waals surface area contributed by atoms with Crippen LogP contribution < -0.4 is 36.5 Å². The number of aromatic nitrogens is 1. The lowest BCUT2D eigenvalue weighted by atomic mass is 9.90. The minimum absolute atomic E-state index is 0.0875. The molecule has 0 unspecified atom stereocenters. The lowest BCUT2D eigenvalue weighted by Gasteiger charge is -2.30. The molecule has 2 aromatic rings. The molecule has 232 valence electrons. The number of carbonyl (C=O) groups excluding carboxylic acids is 4. The highest BCUT2D eigenvalue weighted by Crippen LogP contribution is 2.30. The van der Waals surface area contributed by atoms with Gasteiger partial charge in [0.2, 0.25) is 0 Å². The molecule has 4 rings (SSSR count). The molecule has 1 aromatic carbocycles. The number of nitrogens with zero attached hydrogens (tertiary/aromatic N) is 1. The summed E-state index contributed by atoms with van der Waals surface area (Å²) in [7, 11) is 2.88. The van der Waals surface area contributed by atoms with Gasteiger partial charge in [-0.05, 0) is 56.7 Å². The summed E-state index contributed by atoms with van der Waals surface area (Å²) in [6, 6.07) is 7.82. The number of carbonyl (C=O) groups is 4. The van der Waals surface area contributed by atoms with Crippen molar-refractivity contribution >= 4 is 23.6 Å². The molecule has 0 saturated heterocycles. The molecular formula is C31H42N6O6. The summed E-state index contributed by atoms with van der Waals surface area (Å²) in [6.45, 7) is 0.563. The molecule has 2 aliphatic carbocycles. The zero-order chi connectivity index (χ0) is 30.8. The summed E-state index contributed by atoms with van der Waals surface area (Å²) < 4.78 is 10.7. The van der Waals surface area contributed by atoms with Crippen molar-refractivity contribution in [1.82, 2.24) is 26.3 Å². The molecule has 12 heteroatoms. The molecule has 0 bridgehead atoms. The summed E-state index contributed by atoms with van der Waals surface area (Å²) >= 11 is 0. The summed E-state index contributed by atoms with van der Waals surface area (Å²) in [5.41, 5.74) is 6.35. The molecule has 4 amide bonds. The van der Waals surface area contributed by atoms with E-state index in [9.17, 15) is 19.2 Å². The topological polar surface area (TPSA) is 174 Å². The first-order valence-corrected chi connectivity index (χ1v) is 15.0. The van der Waals surface area contributed by atoms with Crippen molar-refractivity contribution in [2.24, 2.45) is 5.73 Å². The third kappa shape index (κ3) is 8.44. The van der Waals surface area contributed by atoms with Crippen LogP contribution in [0.2, 0.25) is 0 Å². The first kappa shape index (κ1) is 31.7. The van der Waals surface area contributed by atoms with Crippen LogP contribution in [0.25, 0.3) is 0 Å². The molecule has 2 saturated carbocycles. The summed E-state index contributed by atoms with van der Waals surface area (Å²) in [5, 5.41) is 11.8. The third-order valence-electron chi connectivity index (χ3n) is 7.99. The number of ether oxygens (including phenoxy) is 2. The predicted octanol–water partition coefficient (Wildman–Crippen LogP) is 2.32. The maximum absolute atomic E-state index is 13.2. The molecule has 12 nitrogen and oxygen atoms in total. The van der Waals surface area contributed by atoms with Gasteiger partial charge < -0.3 is 36.5 Å². The van der Waals surface area contributed by atoms with E-state index >= 15 is 0 Å². The van der Waals surface area contributed by atoms with Gasteiger partial charge in [0, 0.05) is 37.3 Å². The molecule has 0 radical (unpaired) electrons. The Balaban J connectivity index is 1.31. The molecule has 43 heavy (non-hydrogen) atoms. The van der Waals surface area contributed by atoms with Crippen LogP contribution in [0.3, 0.4) is 0 Å². The fourth-order valence-corrected chi connectivity index (χ4v) is 5.63. The lowest BCUT2D eigenvalue weighted by molar-refractivity contribution is 0.0884. The van der Waals surface area contributed by atoms with Gasteiger partial charge in [-0.25, -0.2) is 4.98 Å². The highest BCUT2D eigenvalue weighted by Gasteiger charge is 2.27. The first-order chi connectivity index (χ1) is 20.8. The van der Waals surface area contributed by atoms with Crippen molar-refractivity contribution < 1.29 is 28.7 Å². The standard InChI is InChI=1S/C31H42N6O6/c1-42-26-18-27(43-2)23(17-22(26)28(38)33-16-15-32)29(39)34-20-11-13-21(14-12-20)36-31(41)25-10-6-9-24(37-25)30(40)35-19-7-4-3-5-8-19/h6,9-10,17-21H,3-5,7-8,11-16,32H2,1-2H3,(H,33,38)(H,34,39)(H,35,40)(H,36,41). The van der Waals surface area contributed by atoms with Gasteiger partial charge in [-0.1, -0.05) is 25.3 Å². The zero-order valence-corrected chi connectivity index (χ0v) is 24.9. The van der Waals surface area contributed by atoms with Crippen molar-refractivity contribution in [3.63, 3.8) is 0 Å². The second kappa shape index (κ2) is 15.3. The van der Waals surface area contributed by atoms with Gasteiger partial charge in [0.25, 0.3) is 23.6 Å². The minimum atomic E-state index is -0.403. The molecule has 0 spiro atoms. The Labute approximate surface area is 251 Å². The van der Waals surface area contributed by atoms with Crippen LogP contribution >= 0.6 is 0 Å². The van der Waals surface area contributed by atoms with Crippen molar-refractivity contribution in [1.29, 1.82) is 0 Å². The van der Waals surface area contributed by atoms with Crippen molar-refractivity contribution in [2.45, 2.75) is 75.9 Å². The van der Waals surface area contributed by atoms with E-state index in [1.54, 1.807) is 18.2 Å². The van der Waals surface area contributed by atoms with Gasteiger partial charge in [-0.3, -0.25) is 19.2 Å². The molecule has 6 N–H and O–H groups in total. The Morgan fingerprint density at radius 3 is 1.72 bits per heavy atom. The molecule has 0 aliphatic heterocycles. The summed E-state index contributed by atoms with van der Waals surface area (Å²) in [4.78, 5) is 55.8. The van der Waals surface area contributed by atoms with Crippen LogP contribution in [0.4, 0.5) is 0 Å². The van der Waals surface area contributed by atoms with Gasteiger partial charge in [-0.15, -0.1) is 0 Å². The monoisotopic (exact) mass is 594 g/mol. The highest BCUT2D eigenvalue weighted by molar-refractivity contribution is 6.03. The van der Waals surface area contributed by atoms with E-state index in [-0.39, 0.29) is 83.0 Å². The average Bonchev–Trinajstić information content (AvgIpc) is 3.04. The van der Waals surface area contributed by atoms with E-state index in [4.69, 9.17) is 15.2 Å². The third-order valence-corrected chi connectivity index (χ3v) is 7.99. The van der Waals surface area contributed by atoms with Gasteiger partial charge in [0.05, 0.1) is 25.3 Å². The van der Waals surface area contributed by atoms with Crippen LogP contribution in [0.1, 0.15) is 99.5 Å². The molecule has 2 aliphatic rings. The number of hydrogen-bond acceptors (Lipinski definition) is 8. The number of rotatable bonds is 11. The van der Waals surface area contributed by atoms with Crippen molar-refractivity contribution in [2.75, 3.05) is 27.3 Å². The normalized spacial score (nSPS) is 18.7. The maximum atomic E-state index is 13.2. The fraction of sp³-hybridized carbons (Fsp3) is 0.516. The summed E-state index contributed by atoms with van der Waals surface area (Å²) in [6.07, 6.45) is 7.97. The second-order valence-corrected chi connectivity index (χ2v) is 11.0. The quantitative estimate of drug-likeness (QED) is 0.264. The molecule has 2 fully saturated rings. The number of pyridine rings is 1.